The average Bonchev–Trinajstić information content (AvgIpc) is 2.97. The predicted octanol–water partition coefficient (Wildman–Crippen LogP) is 1.97. The fourth-order valence-corrected chi connectivity index (χ4v) is 3.14. The second kappa shape index (κ2) is 9.23. The number of nitrogens with zero attached hydrogens (tertiary/aromatic N) is 1. The zero-order valence-corrected chi connectivity index (χ0v) is 15.1. The van der Waals surface area contributed by atoms with Gasteiger partial charge in [-0.3, -0.25) is 4.79 Å². The summed E-state index contributed by atoms with van der Waals surface area (Å²) >= 11 is 1.24. The third kappa shape index (κ3) is 4.98. The number of esters is 2. The Bertz CT molecular complexity index is 736. The molecule has 140 valence electrons. The van der Waals surface area contributed by atoms with Gasteiger partial charge >= 0.3 is 11.9 Å². The van der Waals surface area contributed by atoms with Gasteiger partial charge in [0, 0.05) is 12.6 Å². The minimum Gasteiger partial charge on any atom is -0.497 e. The zero-order valence-electron chi connectivity index (χ0n) is 14.3. The maximum absolute atomic E-state index is 13.8. The minimum absolute atomic E-state index is 0.00422. The van der Waals surface area contributed by atoms with Crippen LogP contribution in [0.2, 0.25) is 0 Å². The van der Waals surface area contributed by atoms with E-state index in [1.807, 2.05) is 0 Å². The van der Waals surface area contributed by atoms with Gasteiger partial charge in [-0.1, -0.05) is 11.8 Å². The first-order valence-electron chi connectivity index (χ1n) is 7.69. The van der Waals surface area contributed by atoms with Crippen LogP contribution in [0.4, 0.5) is 4.39 Å². The lowest BCUT2D eigenvalue weighted by Crippen LogP contribution is -2.27. The SMILES string of the molecule is COC(=O)/C=C1/SCC(=O)N1CCCOC(=O)c1ccc(OC)cc1F. The molecular formula is C17H18FNO6S. The maximum Gasteiger partial charge on any atom is 0.341 e. The van der Waals surface area contributed by atoms with Crippen LogP contribution >= 0.6 is 11.8 Å². The van der Waals surface area contributed by atoms with Crippen molar-refractivity contribution < 1.29 is 33.0 Å². The van der Waals surface area contributed by atoms with Crippen LogP contribution in [0.15, 0.2) is 29.3 Å². The lowest BCUT2D eigenvalue weighted by molar-refractivity contribution is -0.134. The number of hydrogen-bond donors (Lipinski definition) is 0. The summed E-state index contributed by atoms with van der Waals surface area (Å²) < 4.78 is 28.3. The van der Waals surface area contributed by atoms with Crippen molar-refractivity contribution in [1.29, 1.82) is 0 Å². The van der Waals surface area contributed by atoms with E-state index in [0.717, 1.165) is 6.07 Å². The molecule has 1 amide bonds. The highest BCUT2D eigenvalue weighted by Gasteiger charge is 2.27. The van der Waals surface area contributed by atoms with Crippen LogP contribution in [-0.2, 0) is 19.1 Å². The van der Waals surface area contributed by atoms with Gasteiger partial charge in [-0.25, -0.2) is 14.0 Å². The van der Waals surface area contributed by atoms with E-state index in [-0.39, 0.29) is 30.4 Å². The molecule has 9 heteroatoms. The van der Waals surface area contributed by atoms with Gasteiger partial charge in [0.15, 0.2) is 0 Å². The van der Waals surface area contributed by atoms with Gasteiger partial charge in [0.25, 0.3) is 0 Å². The number of amides is 1. The molecule has 0 aromatic heterocycles. The monoisotopic (exact) mass is 383 g/mol. The van der Waals surface area contributed by atoms with E-state index in [4.69, 9.17) is 9.47 Å². The van der Waals surface area contributed by atoms with Crippen molar-refractivity contribution in [2.45, 2.75) is 6.42 Å². The molecule has 0 unspecified atom stereocenters. The Hall–Kier alpha value is -2.55. The molecular weight excluding hydrogens is 365 g/mol. The predicted molar refractivity (Wildman–Crippen MR) is 92.1 cm³/mol. The number of benzene rings is 1. The highest BCUT2D eigenvalue weighted by Crippen LogP contribution is 2.28. The Labute approximate surface area is 154 Å². The Morgan fingerprint density at radius 1 is 1.35 bits per heavy atom. The van der Waals surface area contributed by atoms with E-state index < -0.39 is 17.8 Å². The van der Waals surface area contributed by atoms with Crippen LogP contribution in [0.25, 0.3) is 0 Å². The summed E-state index contributed by atoms with van der Waals surface area (Å²) in [5, 5.41) is 0.495. The summed E-state index contributed by atoms with van der Waals surface area (Å²) in [4.78, 5) is 36.5. The topological polar surface area (TPSA) is 82.1 Å². The fraction of sp³-hybridized carbons (Fsp3) is 0.353. The molecule has 1 heterocycles. The molecule has 1 aliphatic rings. The summed E-state index contributed by atoms with van der Waals surface area (Å²) in [6, 6.07) is 3.85. The number of methoxy groups -OCH3 is 2. The quantitative estimate of drug-likeness (QED) is 0.404. The Morgan fingerprint density at radius 3 is 2.77 bits per heavy atom. The number of carbonyl (C=O) groups is 3. The average molecular weight is 383 g/mol. The van der Waals surface area contributed by atoms with Gasteiger partial charge < -0.3 is 19.1 Å². The number of rotatable bonds is 7. The number of carbonyl (C=O) groups excluding carboxylic acids is 3. The first kappa shape index (κ1) is 19.8. The molecule has 1 aliphatic heterocycles. The first-order valence-corrected chi connectivity index (χ1v) is 8.68. The molecule has 26 heavy (non-hydrogen) atoms. The molecule has 1 aromatic carbocycles. The second-order valence-corrected chi connectivity index (χ2v) is 6.17. The van der Waals surface area contributed by atoms with Crippen molar-refractivity contribution in [3.8, 4) is 5.75 Å². The first-order chi connectivity index (χ1) is 12.5. The largest absolute Gasteiger partial charge is 0.497 e. The molecule has 1 aromatic rings. The molecule has 0 atom stereocenters. The smallest absolute Gasteiger partial charge is 0.341 e. The van der Waals surface area contributed by atoms with Crippen LogP contribution in [0.1, 0.15) is 16.8 Å². The van der Waals surface area contributed by atoms with Gasteiger partial charge in [-0.2, -0.15) is 0 Å². The normalized spacial score (nSPS) is 15.3. The second-order valence-electron chi connectivity index (χ2n) is 5.18. The molecule has 0 radical (unpaired) electrons. The van der Waals surface area contributed by atoms with Gasteiger partial charge in [0.2, 0.25) is 5.91 Å². The Morgan fingerprint density at radius 2 is 2.12 bits per heavy atom. The summed E-state index contributed by atoms with van der Waals surface area (Å²) in [7, 11) is 2.65. The van der Waals surface area contributed by atoms with Crippen molar-refractivity contribution in [3.63, 3.8) is 0 Å². The molecule has 7 nitrogen and oxygen atoms in total. The number of hydrogen-bond acceptors (Lipinski definition) is 7. The van der Waals surface area contributed by atoms with Gasteiger partial charge in [-0.15, -0.1) is 0 Å². The van der Waals surface area contributed by atoms with Crippen LogP contribution < -0.4 is 4.74 Å². The Kier molecular flexibility index (Phi) is 7.02. The summed E-state index contributed by atoms with van der Waals surface area (Å²) in [5.74, 6) is -1.68. The Balaban J connectivity index is 1.86. The standard InChI is InChI=1S/C17H18FNO6S/c1-23-11-4-5-12(13(18)8-11)17(22)25-7-3-6-19-14(20)10-26-15(19)9-16(21)24-2/h4-5,8-9H,3,6-7,10H2,1-2H3/b15-9+. The highest BCUT2D eigenvalue weighted by molar-refractivity contribution is 8.04. The van der Waals surface area contributed by atoms with Gasteiger partial charge in [-0.05, 0) is 18.6 Å². The summed E-state index contributed by atoms with van der Waals surface area (Å²) in [5.41, 5.74) is -0.190. The third-order valence-electron chi connectivity index (χ3n) is 3.51. The number of ether oxygens (including phenoxy) is 3. The zero-order chi connectivity index (χ0) is 19.1. The maximum atomic E-state index is 13.8. The molecule has 1 fully saturated rings. The van der Waals surface area contributed by atoms with E-state index in [1.54, 1.807) is 0 Å². The molecule has 0 aliphatic carbocycles. The van der Waals surface area contributed by atoms with Crippen LogP contribution in [-0.4, -0.2) is 55.9 Å². The number of halogens is 1. The van der Waals surface area contributed by atoms with Crippen molar-refractivity contribution >= 4 is 29.6 Å². The van der Waals surface area contributed by atoms with Crippen molar-refractivity contribution in [2.24, 2.45) is 0 Å². The highest BCUT2D eigenvalue weighted by atomic mass is 32.2. The molecule has 0 bridgehead atoms. The van der Waals surface area contributed by atoms with E-state index >= 15 is 0 Å². The van der Waals surface area contributed by atoms with Crippen molar-refractivity contribution in [2.75, 3.05) is 33.1 Å². The fourth-order valence-electron chi connectivity index (χ4n) is 2.18. The summed E-state index contributed by atoms with van der Waals surface area (Å²) in [6.45, 7) is 0.275. The molecule has 0 saturated carbocycles. The molecule has 1 saturated heterocycles. The van der Waals surface area contributed by atoms with Crippen molar-refractivity contribution in [1.82, 2.24) is 4.90 Å². The van der Waals surface area contributed by atoms with Gasteiger partial charge in [0.1, 0.15) is 11.6 Å². The lowest BCUT2D eigenvalue weighted by atomic mass is 10.2. The van der Waals surface area contributed by atoms with E-state index in [2.05, 4.69) is 4.74 Å². The minimum atomic E-state index is -0.794. The molecule has 2 rings (SSSR count). The summed E-state index contributed by atoms with van der Waals surface area (Å²) in [6.07, 6.45) is 1.59. The molecule has 0 spiro atoms. The van der Waals surface area contributed by atoms with E-state index in [1.165, 1.54) is 49.1 Å². The lowest BCUT2D eigenvalue weighted by Gasteiger charge is -2.16. The third-order valence-corrected chi connectivity index (χ3v) is 4.53. The van der Waals surface area contributed by atoms with Crippen molar-refractivity contribution in [3.05, 3.63) is 40.7 Å². The van der Waals surface area contributed by atoms with E-state index in [9.17, 15) is 18.8 Å². The van der Waals surface area contributed by atoms with Gasteiger partial charge in [0.05, 0.1) is 43.2 Å². The van der Waals surface area contributed by atoms with Crippen LogP contribution in [0.3, 0.4) is 0 Å². The van der Waals surface area contributed by atoms with Crippen LogP contribution in [0.5, 0.6) is 5.75 Å². The number of thioether (sulfide) groups is 1. The molecule has 0 N–H and O–H groups in total. The van der Waals surface area contributed by atoms with E-state index in [0.29, 0.717) is 17.2 Å². The van der Waals surface area contributed by atoms with Crippen LogP contribution in [0, 0.1) is 5.82 Å².